The van der Waals surface area contributed by atoms with Crippen molar-refractivity contribution in [2.75, 3.05) is 13.2 Å². The van der Waals surface area contributed by atoms with E-state index < -0.39 is 11.9 Å². The van der Waals surface area contributed by atoms with Crippen LogP contribution < -0.4 is 10.1 Å². The van der Waals surface area contributed by atoms with Gasteiger partial charge in [-0.2, -0.15) is 5.10 Å². The van der Waals surface area contributed by atoms with E-state index in [2.05, 4.69) is 10.4 Å². The van der Waals surface area contributed by atoms with Crippen LogP contribution in [0, 0.1) is 13.8 Å². The number of nitrogens with one attached hydrogen (secondary N) is 1. The van der Waals surface area contributed by atoms with Gasteiger partial charge in [-0.25, -0.2) is 0 Å². The molecule has 2 N–H and O–H groups in total. The number of aromatic nitrogens is 2. The minimum absolute atomic E-state index is 0.00649. The second kappa shape index (κ2) is 7.63. The van der Waals surface area contributed by atoms with Gasteiger partial charge in [0.15, 0.2) is 12.4 Å². The molecule has 1 atom stereocenters. The summed E-state index contributed by atoms with van der Waals surface area (Å²) in [5, 5.41) is 16.1. The third-order valence-corrected chi connectivity index (χ3v) is 3.79. The van der Waals surface area contributed by atoms with Crippen LogP contribution in [0.4, 0.5) is 0 Å². The topological polar surface area (TPSA) is 93.5 Å². The lowest BCUT2D eigenvalue weighted by Gasteiger charge is -2.14. The number of aliphatic carboxylic acids is 1. The molecule has 1 amide bonds. The lowest BCUT2D eigenvalue weighted by molar-refractivity contribution is -0.138. The van der Waals surface area contributed by atoms with Crippen LogP contribution in [0.5, 0.6) is 5.75 Å². The predicted octanol–water partition coefficient (Wildman–Crippen LogP) is 1.40. The van der Waals surface area contributed by atoms with E-state index in [4.69, 9.17) is 4.74 Å². The number of carbonyl (C=O) groups is 2. The molecule has 0 aliphatic rings. The molecule has 0 bridgehead atoms. The molecule has 1 heterocycles. The average Bonchev–Trinajstić information content (AvgIpc) is 2.79. The highest BCUT2D eigenvalue weighted by atomic mass is 16.5. The van der Waals surface area contributed by atoms with Crippen LogP contribution in [-0.2, 0) is 16.6 Å². The minimum atomic E-state index is -0.985. The Morgan fingerprint density at radius 1 is 1.29 bits per heavy atom. The Morgan fingerprint density at radius 3 is 2.50 bits per heavy atom. The van der Waals surface area contributed by atoms with E-state index in [-0.39, 0.29) is 19.1 Å². The van der Waals surface area contributed by atoms with Gasteiger partial charge < -0.3 is 15.2 Å². The van der Waals surface area contributed by atoms with Crippen LogP contribution in [0.1, 0.15) is 22.9 Å². The van der Waals surface area contributed by atoms with Gasteiger partial charge in [-0.15, -0.1) is 0 Å². The summed E-state index contributed by atoms with van der Waals surface area (Å²) in [7, 11) is 1.80. The summed E-state index contributed by atoms with van der Waals surface area (Å²) < 4.78 is 7.18. The summed E-state index contributed by atoms with van der Waals surface area (Å²) in [6, 6.07) is 8.80. The molecule has 2 aromatic rings. The molecule has 128 valence electrons. The number of carboxylic acid groups (broad SMARTS) is 1. The summed E-state index contributed by atoms with van der Waals surface area (Å²) in [6.07, 6.45) is 0. The Hall–Kier alpha value is -2.83. The van der Waals surface area contributed by atoms with E-state index in [1.165, 1.54) is 0 Å². The molecule has 0 radical (unpaired) electrons. The first-order chi connectivity index (χ1) is 11.4. The molecule has 1 aromatic heterocycles. The molecule has 2 rings (SSSR count). The van der Waals surface area contributed by atoms with Gasteiger partial charge in [-0.3, -0.25) is 14.3 Å². The van der Waals surface area contributed by atoms with Crippen molar-refractivity contribution in [1.29, 1.82) is 0 Å². The molecule has 0 aliphatic heterocycles. The highest BCUT2D eigenvalue weighted by molar-refractivity contribution is 5.80. The predicted molar refractivity (Wildman–Crippen MR) is 88.0 cm³/mol. The van der Waals surface area contributed by atoms with Gasteiger partial charge in [0.05, 0.1) is 11.6 Å². The van der Waals surface area contributed by atoms with Crippen molar-refractivity contribution in [3.8, 4) is 5.75 Å². The number of hydrogen-bond acceptors (Lipinski definition) is 4. The van der Waals surface area contributed by atoms with E-state index >= 15 is 0 Å². The Kier molecular flexibility index (Phi) is 5.57. The molecule has 7 nitrogen and oxygen atoms in total. The maximum absolute atomic E-state index is 11.9. The maximum atomic E-state index is 11.9. The van der Waals surface area contributed by atoms with E-state index in [1.54, 1.807) is 42.9 Å². The fraction of sp³-hybridized carbons (Fsp3) is 0.353. The number of hydrogen-bond donors (Lipinski definition) is 2. The number of benzene rings is 1. The largest absolute Gasteiger partial charge is 0.481 e. The number of carboxylic acids is 1. The van der Waals surface area contributed by atoms with Crippen molar-refractivity contribution in [2.45, 2.75) is 19.8 Å². The first kappa shape index (κ1) is 17.5. The van der Waals surface area contributed by atoms with E-state index in [0.717, 1.165) is 5.69 Å². The van der Waals surface area contributed by atoms with E-state index in [0.29, 0.717) is 17.0 Å². The smallest absolute Gasteiger partial charge is 0.312 e. The quantitative estimate of drug-likeness (QED) is 0.800. The SMILES string of the molecule is Cc1nn(C)c(C)c1OCC(=O)NCC(C(=O)O)c1ccccc1. The van der Waals surface area contributed by atoms with E-state index in [1.807, 2.05) is 13.0 Å². The number of nitrogens with zero attached hydrogens (tertiary/aromatic N) is 2. The molecule has 7 heteroatoms. The Balaban J connectivity index is 1.91. The van der Waals surface area contributed by atoms with Crippen LogP contribution in [0.25, 0.3) is 0 Å². The second-order valence-corrected chi connectivity index (χ2v) is 5.52. The van der Waals surface area contributed by atoms with Crippen molar-refractivity contribution in [3.63, 3.8) is 0 Å². The summed E-state index contributed by atoms with van der Waals surface area (Å²) in [6.45, 7) is 3.47. The highest BCUT2D eigenvalue weighted by Gasteiger charge is 2.20. The van der Waals surface area contributed by atoms with Gasteiger partial charge in [0, 0.05) is 13.6 Å². The fourth-order valence-electron chi connectivity index (χ4n) is 2.40. The van der Waals surface area contributed by atoms with Crippen LogP contribution >= 0.6 is 0 Å². The fourth-order valence-corrected chi connectivity index (χ4v) is 2.40. The van der Waals surface area contributed by atoms with Crippen molar-refractivity contribution >= 4 is 11.9 Å². The first-order valence-corrected chi connectivity index (χ1v) is 7.57. The lowest BCUT2D eigenvalue weighted by Crippen LogP contribution is -2.34. The molecule has 0 fully saturated rings. The van der Waals surface area contributed by atoms with Crippen molar-refractivity contribution < 1.29 is 19.4 Å². The third kappa shape index (κ3) is 4.13. The van der Waals surface area contributed by atoms with Crippen molar-refractivity contribution in [3.05, 3.63) is 47.3 Å². The number of aryl methyl sites for hydroxylation is 2. The van der Waals surface area contributed by atoms with Gasteiger partial charge in [-0.05, 0) is 19.4 Å². The molecule has 1 aromatic carbocycles. The van der Waals surface area contributed by atoms with Crippen LogP contribution in [0.3, 0.4) is 0 Å². The Labute approximate surface area is 140 Å². The normalized spacial score (nSPS) is 11.8. The monoisotopic (exact) mass is 331 g/mol. The number of carbonyl (C=O) groups excluding carboxylic acids is 1. The molecular weight excluding hydrogens is 310 g/mol. The van der Waals surface area contributed by atoms with Crippen molar-refractivity contribution in [1.82, 2.24) is 15.1 Å². The third-order valence-electron chi connectivity index (χ3n) is 3.79. The number of rotatable bonds is 7. The first-order valence-electron chi connectivity index (χ1n) is 7.57. The summed E-state index contributed by atoms with van der Waals surface area (Å²) in [4.78, 5) is 23.3. The minimum Gasteiger partial charge on any atom is -0.481 e. The second-order valence-electron chi connectivity index (χ2n) is 5.52. The molecule has 24 heavy (non-hydrogen) atoms. The molecule has 0 saturated carbocycles. The van der Waals surface area contributed by atoms with Crippen LogP contribution in [0.2, 0.25) is 0 Å². The highest BCUT2D eigenvalue weighted by Crippen LogP contribution is 2.21. The lowest BCUT2D eigenvalue weighted by atomic mass is 9.99. The van der Waals surface area contributed by atoms with Crippen LogP contribution in [-0.4, -0.2) is 39.9 Å². The van der Waals surface area contributed by atoms with Gasteiger partial charge in [0.2, 0.25) is 0 Å². The van der Waals surface area contributed by atoms with Crippen LogP contribution in [0.15, 0.2) is 30.3 Å². The standard InChI is InChI=1S/C17H21N3O4/c1-11-16(12(2)20(3)19-11)24-10-15(21)18-9-14(17(22)23)13-7-5-4-6-8-13/h4-8,14H,9-10H2,1-3H3,(H,18,21)(H,22,23). The average molecular weight is 331 g/mol. The molecule has 1 unspecified atom stereocenters. The van der Waals surface area contributed by atoms with Gasteiger partial charge in [0.25, 0.3) is 5.91 Å². The number of ether oxygens (including phenoxy) is 1. The van der Waals surface area contributed by atoms with Gasteiger partial charge >= 0.3 is 5.97 Å². The zero-order valence-electron chi connectivity index (χ0n) is 13.9. The zero-order chi connectivity index (χ0) is 17.7. The summed E-state index contributed by atoms with van der Waals surface area (Å²) >= 11 is 0. The van der Waals surface area contributed by atoms with Crippen molar-refractivity contribution in [2.24, 2.45) is 7.05 Å². The summed E-state index contributed by atoms with van der Waals surface area (Å²) in [5.74, 6) is -1.58. The zero-order valence-corrected chi connectivity index (χ0v) is 13.9. The molecular formula is C17H21N3O4. The van der Waals surface area contributed by atoms with E-state index in [9.17, 15) is 14.7 Å². The molecule has 0 aliphatic carbocycles. The number of amides is 1. The Morgan fingerprint density at radius 2 is 1.96 bits per heavy atom. The molecule has 0 saturated heterocycles. The Bertz CT molecular complexity index is 725. The van der Waals surface area contributed by atoms with Gasteiger partial charge in [0.1, 0.15) is 5.69 Å². The molecule has 0 spiro atoms. The maximum Gasteiger partial charge on any atom is 0.312 e. The summed E-state index contributed by atoms with van der Waals surface area (Å²) in [5.41, 5.74) is 2.17. The van der Waals surface area contributed by atoms with Gasteiger partial charge in [-0.1, -0.05) is 30.3 Å².